The van der Waals surface area contributed by atoms with Gasteiger partial charge in [0.2, 0.25) is 5.91 Å². The third-order valence-corrected chi connectivity index (χ3v) is 5.87. The van der Waals surface area contributed by atoms with Crippen molar-refractivity contribution in [2.45, 2.75) is 30.4 Å². The Kier molecular flexibility index (Phi) is 7.58. The van der Waals surface area contributed by atoms with E-state index in [1.807, 2.05) is 0 Å². The molecule has 0 aliphatic carbocycles. The lowest BCUT2D eigenvalue weighted by Gasteiger charge is -2.44. The Hall–Kier alpha value is -3.13. The highest BCUT2D eigenvalue weighted by atomic mass is 32.2. The number of benzene rings is 1. The van der Waals surface area contributed by atoms with E-state index in [2.05, 4.69) is 25.4 Å². The average Bonchev–Trinajstić information content (AvgIpc) is 3.21. The maximum atomic E-state index is 13.5. The molecule has 0 radical (unpaired) electrons. The molecule has 0 saturated carbocycles. The van der Waals surface area contributed by atoms with Gasteiger partial charge in [-0.3, -0.25) is 9.59 Å². The van der Waals surface area contributed by atoms with Gasteiger partial charge in [-0.15, -0.1) is 0 Å². The summed E-state index contributed by atoms with van der Waals surface area (Å²) in [6, 6.07) is 3.15. The van der Waals surface area contributed by atoms with Gasteiger partial charge in [-0.2, -0.15) is 0 Å². The maximum Gasteiger partial charge on any atom is 0.266 e. The van der Waals surface area contributed by atoms with E-state index in [0.717, 1.165) is 23.9 Å². The largest absolute Gasteiger partial charge is 0.411 e. The number of alkyl halides is 2. The van der Waals surface area contributed by atoms with Crippen molar-refractivity contribution < 1.29 is 37.7 Å². The van der Waals surface area contributed by atoms with E-state index in [1.54, 1.807) is 0 Å². The van der Waals surface area contributed by atoms with Crippen LogP contribution in [0.15, 0.2) is 33.0 Å². The van der Waals surface area contributed by atoms with Gasteiger partial charge in [0.05, 0.1) is 18.7 Å². The number of nitrogens with zero attached hydrogens (tertiary/aromatic N) is 4. The predicted octanol–water partition coefficient (Wildman–Crippen LogP) is 1.37. The SMILES string of the molecule is CC(=O)N1CC(O)(C(=O)NCCSc2nonc2C(Cc2ccc(F)c(C(F)F)c2)=NO)C1. The molecule has 2 amide bonds. The molecule has 14 heteroatoms. The van der Waals surface area contributed by atoms with Crippen molar-refractivity contribution in [3.8, 4) is 0 Å². The molecule has 3 rings (SSSR count). The summed E-state index contributed by atoms with van der Waals surface area (Å²) in [4.78, 5) is 24.6. The maximum absolute atomic E-state index is 13.5. The average molecular weight is 487 g/mol. The number of carbonyl (C=O) groups is 2. The highest BCUT2D eigenvalue weighted by Gasteiger charge is 2.48. The van der Waals surface area contributed by atoms with E-state index in [9.17, 15) is 33.1 Å². The molecule has 3 N–H and O–H groups in total. The summed E-state index contributed by atoms with van der Waals surface area (Å²) in [5.74, 6) is -1.60. The van der Waals surface area contributed by atoms with Crippen LogP contribution in [-0.2, 0) is 16.0 Å². The van der Waals surface area contributed by atoms with Crippen LogP contribution in [0, 0.1) is 5.82 Å². The van der Waals surface area contributed by atoms with Crippen LogP contribution in [0.5, 0.6) is 0 Å². The van der Waals surface area contributed by atoms with Gasteiger partial charge < -0.3 is 20.5 Å². The number of aromatic nitrogens is 2. The molecule has 1 aromatic heterocycles. The minimum absolute atomic E-state index is 0.0392. The first-order valence-corrected chi connectivity index (χ1v) is 10.6. The monoisotopic (exact) mass is 487 g/mol. The highest BCUT2D eigenvalue weighted by Crippen LogP contribution is 2.25. The minimum atomic E-state index is -3.00. The molecule has 0 atom stereocenters. The number of nitrogens with one attached hydrogen (secondary N) is 1. The number of β-amino-alcohol motifs (C(OH)–C–C–N with tert-alkyl or cyclic N) is 1. The smallest absolute Gasteiger partial charge is 0.266 e. The van der Waals surface area contributed by atoms with Crippen LogP contribution in [0.2, 0.25) is 0 Å². The van der Waals surface area contributed by atoms with Gasteiger partial charge >= 0.3 is 0 Å². The minimum Gasteiger partial charge on any atom is -0.411 e. The van der Waals surface area contributed by atoms with E-state index in [-0.39, 0.29) is 59.7 Å². The Morgan fingerprint density at radius 2 is 2.09 bits per heavy atom. The molecule has 0 spiro atoms. The lowest BCUT2D eigenvalue weighted by molar-refractivity contribution is -0.167. The fourth-order valence-electron chi connectivity index (χ4n) is 3.11. The second-order valence-corrected chi connectivity index (χ2v) is 8.39. The molecule has 2 heterocycles. The van der Waals surface area contributed by atoms with Crippen LogP contribution in [0.4, 0.5) is 13.2 Å². The molecule has 178 valence electrons. The van der Waals surface area contributed by atoms with Crippen LogP contribution >= 0.6 is 11.8 Å². The van der Waals surface area contributed by atoms with Crippen LogP contribution in [0.3, 0.4) is 0 Å². The summed E-state index contributed by atoms with van der Waals surface area (Å²) in [6.45, 7) is 1.33. The number of thioether (sulfide) groups is 1. The number of aliphatic hydroxyl groups is 1. The number of hydrogen-bond donors (Lipinski definition) is 3. The van der Waals surface area contributed by atoms with Crippen LogP contribution < -0.4 is 5.32 Å². The molecular formula is C19H20F3N5O5S. The molecule has 1 saturated heterocycles. The Bertz CT molecular complexity index is 1060. The van der Waals surface area contributed by atoms with E-state index in [1.165, 1.54) is 17.9 Å². The number of amides is 2. The van der Waals surface area contributed by atoms with Crippen molar-refractivity contribution in [3.05, 3.63) is 40.8 Å². The highest BCUT2D eigenvalue weighted by molar-refractivity contribution is 7.99. The van der Waals surface area contributed by atoms with Crippen LogP contribution in [-0.4, -0.2) is 74.0 Å². The van der Waals surface area contributed by atoms with E-state index < -0.39 is 29.3 Å². The summed E-state index contributed by atoms with van der Waals surface area (Å²) in [7, 11) is 0. The van der Waals surface area contributed by atoms with Gasteiger partial charge in [0.25, 0.3) is 12.3 Å². The Morgan fingerprint density at radius 3 is 2.73 bits per heavy atom. The molecule has 1 aliphatic heterocycles. The normalized spacial score (nSPS) is 15.5. The van der Waals surface area contributed by atoms with Crippen molar-refractivity contribution in [2.75, 3.05) is 25.4 Å². The summed E-state index contributed by atoms with van der Waals surface area (Å²) < 4.78 is 44.0. The second-order valence-electron chi connectivity index (χ2n) is 7.31. The third kappa shape index (κ3) is 5.63. The first kappa shape index (κ1) is 24.5. The predicted molar refractivity (Wildman–Crippen MR) is 109 cm³/mol. The Balaban J connectivity index is 1.55. The zero-order valence-electron chi connectivity index (χ0n) is 17.3. The summed E-state index contributed by atoms with van der Waals surface area (Å²) in [5.41, 5.74) is -2.11. The lowest BCUT2D eigenvalue weighted by Crippen LogP contribution is -2.69. The van der Waals surface area contributed by atoms with Gasteiger partial charge in [0, 0.05) is 25.6 Å². The number of likely N-dealkylation sites (tertiary alicyclic amines) is 1. The quantitative estimate of drug-likeness (QED) is 0.158. The molecule has 1 fully saturated rings. The van der Waals surface area contributed by atoms with Gasteiger partial charge in [0.1, 0.15) is 11.5 Å². The zero-order valence-corrected chi connectivity index (χ0v) is 18.1. The number of oxime groups is 1. The van der Waals surface area contributed by atoms with E-state index in [0.29, 0.717) is 0 Å². The van der Waals surface area contributed by atoms with Crippen molar-refractivity contribution in [2.24, 2.45) is 5.16 Å². The molecule has 0 unspecified atom stereocenters. The van der Waals surface area contributed by atoms with Gasteiger partial charge in [-0.25, -0.2) is 17.8 Å². The van der Waals surface area contributed by atoms with E-state index in [4.69, 9.17) is 0 Å². The first-order chi connectivity index (χ1) is 15.6. The molecule has 2 aromatic rings. The van der Waals surface area contributed by atoms with Crippen molar-refractivity contribution in [1.82, 2.24) is 20.5 Å². The molecule has 1 aliphatic rings. The lowest BCUT2D eigenvalue weighted by atomic mass is 9.93. The number of halogens is 3. The summed E-state index contributed by atoms with van der Waals surface area (Å²) in [5, 5.41) is 32.9. The fourth-order valence-corrected chi connectivity index (χ4v) is 3.89. The van der Waals surface area contributed by atoms with Crippen LogP contribution in [0.25, 0.3) is 0 Å². The van der Waals surface area contributed by atoms with Gasteiger partial charge in [-0.05, 0) is 28.0 Å². The molecule has 10 nitrogen and oxygen atoms in total. The first-order valence-electron chi connectivity index (χ1n) is 9.64. The van der Waals surface area contributed by atoms with Gasteiger partial charge in [-0.1, -0.05) is 23.0 Å². The Morgan fingerprint density at radius 1 is 1.36 bits per heavy atom. The fraction of sp³-hybridized carbons (Fsp3) is 0.421. The number of carbonyl (C=O) groups excluding carboxylic acids is 2. The van der Waals surface area contributed by atoms with Crippen molar-refractivity contribution in [3.63, 3.8) is 0 Å². The molecular weight excluding hydrogens is 467 g/mol. The molecule has 33 heavy (non-hydrogen) atoms. The van der Waals surface area contributed by atoms with Crippen molar-refractivity contribution in [1.29, 1.82) is 0 Å². The third-order valence-electron chi connectivity index (χ3n) is 4.92. The van der Waals surface area contributed by atoms with Crippen LogP contribution in [0.1, 0.15) is 30.2 Å². The number of hydrogen-bond acceptors (Lipinski definition) is 9. The van der Waals surface area contributed by atoms with E-state index >= 15 is 0 Å². The zero-order chi connectivity index (χ0) is 24.2. The molecule has 0 bridgehead atoms. The van der Waals surface area contributed by atoms with Crippen molar-refractivity contribution >= 4 is 29.3 Å². The topological polar surface area (TPSA) is 141 Å². The standard InChI is InChI=1S/C19H20F3N5O5S/c1-10(28)27-8-19(30,9-27)18(29)23-4-5-33-17-15(25-32-26-17)14(24-31)7-11-2-3-13(20)12(6-11)16(21)22/h2-3,6,16,30-31H,4-5,7-9H2,1H3,(H,23,29). The van der Waals surface area contributed by atoms with Gasteiger partial charge in [0.15, 0.2) is 16.3 Å². The molecule has 1 aromatic carbocycles. The number of rotatable bonds is 9. The summed E-state index contributed by atoms with van der Waals surface area (Å²) in [6.07, 6.45) is -3.15. The Labute approximate surface area is 189 Å². The summed E-state index contributed by atoms with van der Waals surface area (Å²) >= 11 is 1.10. The second kappa shape index (κ2) is 10.2.